The summed E-state index contributed by atoms with van der Waals surface area (Å²) in [5.74, 6) is -1.95. The van der Waals surface area contributed by atoms with Crippen LogP contribution in [0.3, 0.4) is 0 Å². The number of nitrogens with one attached hydrogen (secondary N) is 1. The van der Waals surface area contributed by atoms with E-state index in [1.807, 2.05) is 6.92 Å². The lowest BCUT2D eigenvalue weighted by Gasteiger charge is -2.15. The second kappa shape index (κ2) is 5.60. The summed E-state index contributed by atoms with van der Waals surface area (Å²) in [5, 5.41) is 9.17. The molecule has 7 heteroatoms. The number of carboxylic acid groups (broad SMARTS) is 1. The summed E-state index contributed by atoms with van der Waals surface area (Å²) in [6.45, 7) is 2.34. The molecule has 0 amide bonds. The lowest BCUT2D eigenvalue weighted by molar-refractivity contribution is 0.0695. The van der Waals surface area contributed by atoms with Crippen molar-refractivity contribution in [1.29, 1.82) is 0 Å². The van der Waals surface area contributed by atoms with Crippen LogP contribution in [0.5, 0.6) is 0 Å². The number of nitrogens with zero attached hydrogens (tertiary/aromatic N) is 2. The Morgan fingerprint density at radius 2 is 2.00 bits per heavy atom. The van der Waals surface area contributed by atoms with Crippen molar-refractivity contribution in [2.75, 3.05) is 12.0 Å². The average molecular weight is 315 g/mol. The highest BCUT2D eigenvalue weighted by Gasteiger charge is 2.17. The van der Waals surface area contributed by atoms with Gasteiger partial charge in [-0.05, 0) is 31.2 Å². The van der Waals surface area contributed by atoms with E-state index in [1.54, 1.807) is 29.1 Å². The maximum atomic E-state index is 14.4. The van der Waals surface area contributed by atoms with Crippen LogP contribution in [0.15, 0.2) is 47.7 Å². The normalized spacial score (nSPS) is 10.9. The van der Waals surface area contributed by atoms with Crippen molar-refractivity contribution in [3.05, 3.63) is 64.5 Å². The van der Waals surface area contributed by atoms with Gasteiger partial charge in [0.2, 0.25) is 5.43 Å². The summed E-state index contributed by atoms with van der Waals surface area (Å²) in [5.41, 5.74) is 2.51. The van der Waals surface area contributed by atoms with Crippen molar-refractivity contribution < 1.29 is 14.3 Å². The van der Waals surface area contributed by atoms with E-state index in [-0.39, 0.29) is 11.1 Å². The summed E-state index contributed by atoms with van der Waals surface area (Å²) in [7, 11) is 0. The van der Waals surface area contributed by atoms with E-state index in [1.165, 1.54) is 16.9 Å². The third-order valence-electron chi connectivity index (χ3n) is 3.51. The molecule has 23 heavy (non-hydrogen) atoms. The number of benzene rings is 1. The van der Waals surface area contributed by atoms with E-state index < -0.39 is 22.8 Å². The molecule has 3 aromatic rings. The third kappa shape index (κ3) is 2.46. The number of pyridine rings is 1. The summed E-state index contributed by atoms with van der Waals surface area (Å²) >= 11 is 0. The zero-order valence-corrected chi connectivity index (χ0v) is 12.3. The molecule has 3 rings (SSSR count). The molecule has 0 saturated carbocycles. The zero-order valence-electron chi connectivity index (χ0n) is 12.3. The van der Waals surface area contributed by atoms with Crippen LogP contribution in [-0.4, -0.2) is 26.9 Å². The molecule has 0 unspecified atom stereocenters. The summed E-state index contributed by atoms with van der Waals surface area (Å²) in [6.07, 6.45) is 4.59. The van der Waals surface area contributed by atoms with E-state index in [0.29, 0.717) is 12.1 Å². The molecule has 0 bridgehead atoms. The fourth-order valence-corrected chi connectivity index (χ4v) is 2.48. The van der Waals surface area contributed by atoms with Crippen molar-refractivity contribution in [3.8, 4) is 5.69 Å². The Labute approximate surface area is 130 Å². The van der Waals surface area contributed by atoms with Crippen LogP contribution in [0.4, 0.5) is 4.39 Å². The Hall–Kier alpha value is -3.09. The molecule has 0 aliphatic carbocycles. The number of aromatic carboxylic acids is 1. The highest BCUT2D eigenvalue weighted by atomic mass is 19.1. The van der Waals surface area contributed by atoms with Gasteiger partial charge in [0.25, 0.3) is 0 Å². The first-order valence-electron chi connectivity index (χ1n) is 7.02. The van der Waals surface area contributed by atoms with Gasteiger partial charge in [0.05, 0.1) is 16.6 Å². The number of halogens is 1. The van der Waals surface area contributed by atoms with E-state index >= 15 is 0 Å². The minimum absolute atomic E-state index is 0.0132. The molecular formula is C16H14FN3O3. The molecule has 2 heterocycles. The van der Waals surface area contributed by atoms with Crippen molar-refractivity contribution in [3.63, 3.8) is 0 Å². The van der Waals surface area contributed by atoms with Crippen molar-refractivity contribution in [2.24, 2.45) is 0 Å². The maximum absolute atomic E-state index is 14.4. The second-order valence-corrected chi connectivity index (χ2v) is 4.97. The standard InChI is InChI=1S/C16H14FN3O3/c1-2-18-20-9-11(16(22)23)15(21)10-7-12(17)14(8-13(10)20)19-5-3-4-6-19/h3-9,18H,2H2,1H3,(H,22,23). The molecule has 0 aliphatic heterocycles. The van der Waals surface area contributed by atoms with Crippen LogP contribution in [0.25, 0.3) is 16.6 Å². The van der Waals surface area contributed by atoms with Gasteiger partial charge < -0.3 is 15.1 Å². The van der Waals surface area contributed by atoms with Crippen LogP contribution in [0, 0.1) is 5.82 Å². The first-order valence-corrected chi connectivity index (χ1v) is 7.02. The van der Waals surface area contributed by atoms with Crippen LogP contribution < -0.4 is 10.9 Å². The van der Waals surface area contributed by atoms with Gasteiger partial charge in [-0.3, -0.25) is 9.47 Å². The number of aromatic nitrogens is 2. The molecule has 2 N–H and O–H groups in total. The summed E-state index contributed by atoms with van der Waals surface area (Å²) < 4.78 is 17.4. The molecule has 0 aliphatic rings. The van der Waals surface area contributed by atoms with Crippen LogP contribution >= 0.6 is 0 Å². The van der Waals surface area contributed by atoms with E-state index in [9.17, 15) is 14.0 Å². The fraction of sp³-hybridized carbons (Fsp3) is 0.125. The molecule has 0 radical (unpaired) electrons. The molecule has 0 fully saturated rings. The lowest BCUT2D eigenvalue weighted by atomic mass is 10.1. The number of rotatable bonds is 4. The van der Waals surface area contributed by atoms with Gasteiger partial charge in [-0.2, -0.15) is 0 Å². The summed E-state index contributed by atoms with van der Waals surface area (Å²) in [4.78, 5) is 23.5. The SMILES string of the molecule is CCNn1cc(C(=O)O)c(=O)c2cc(F)c(-n3cccc3)cc21. The molecule has 6 nitrogen and oxygen atoms in total. The predicted molar refractivity (Wildman–Crippen MR) is 84.4 cm³/mol. The van der Waals surface area contributed by atoms with E-state index in [0.717, 1.165) is 6.07 Å². The number of hydrogen-bond donors (Lipinski definition) is 2. The Kier molecular flexibility index (Phi) is 3.61. The Morgan fingerprint density at radius 3 is 2.61 bits per heavy atom. The van der Waals surface area contributed by atoms with Crippen molar-refractivity contribution in [2.45, 2.75) is 6.92 Å². The molecule has 0 saturated heterocycles. The van der Waals surface area contributed by atoms with Gasteiger partial charge >= 0.3 is 5.97 Å². The number of hydrogen-bond acceptors (Lipinski definition) is 3. The van der Waals surface area contributed by atoms with Gasteiger partial charge in [0.1, 0.15) is 11.4 Å². The molecule has 0 atom stereocenters. The van der Waals surface area contributed by atoms with Gasteiger partial charge in [0.15, 0.2) is 0 Å². The van der Waals surface area contributed by atoms with Crippen LogP contribution in [0.1, 0.15) is 17.3 Å². The number of fused-ring (bicyclic) bond motifs is 1. The minimum atomic E-state index is -1.35. The Morgan fingerprint density at radius 1 is 1.30 bits per heavy atom. The quantitative estimate of drug-likeness (QED) is 0.774. The molecular weight excluding hydrogens is 301 g/mol. The largest absolute Gasteiger partial charge is 0.477 e. The topological polar surface area (TPSA) is 76.3 Å². The molecule has 118 valence electrons. The van der Waals surface area contributed by atoms with Gasteiger partial charge in [-0.1, -0.05) is 0 Å². The van der Waals surface area contributed by atoms with Gasteiger partial charge in [0, 0.05) is 25.1 Å². The number of carbonyl (C=O) groups is 1. The van der Waals surface area contributed by atoms with E-state index in [2.05, 4.69) is 5.43 Å². The van der Waals surface area contributed by atoms with Crippen LogP contribution in [-0.2, 0) is 0 Å². The lowest BCUT2D eigenvalue weighted by Crippen LogP contribution is -2.24. The second-order valence-electron chi connectivity index (χ2n) is 4.97. The van der Waals surface area contributed by atoms with Gasteiger partial charge in [-0.25, -0.2) is 9.18 Å². The first kappa shape index (κ1) is 14.8. The minimum Gasteiger partial charge on any atom is -0.477 e. The Bertz CT molecular complexity index is 945. The van der Waals surface area contributed by atoms with E-state index in [4.69, 9.17) is 5.11 Å². The zero-order chi connectivity index (χ0) is 16.6. The highest BCUT2D eigenvalue weighted by molar-refractivity contribution is 5.93. The molecule has 0 spiro atoms. The molecule has 1 aromatic carbocycles. The highest BCUT2D eigenvalue weighted by Crippen LogP contribution is 2.21. The monoisotopic (exact) mass is 315 g/mol. The third-order valence-corrected chi connectivity index (χ3v) is 3.51. The Balaban J connectivity index is 2.38. The summed E-state index contributed by atoms with van der Waals surface area (Å²) in [6, 6.07) is 6.11. The van der Waals surface area contributed by atoms with Crippen molar-refractivity contribution in [1.82, 2.24) is 9.24 Å². The average Bonchev–Trinajstić information content (AvgIpc) is 3.03. The number of carboxylic acids is 1. The first-order chi connectivity index (χ1) is 11.0. The van der Waals surface area contributed by atoms with Crippen molar-refractivity contribution >= 4 is 16.9 Å². The smallest absolute Gasteiger partial charge is 0.341 e. The van der Waals surface area contributed by atoms with Crippen LogP contribution in [0.2, 0.25) is 0 Å². The molecule has 2 aromatic heterocycles. The fourth-order valence-electron chi connectivity index (χ4n) is 2.48. The maximum Gasteiger partial charge on any atom is 0.341 e. The predicted octanol–water partition coefficient (Wildman–Crippen LogP) is 2.19. The van der Waals surface area contributed by atoms with Gasteiger partial charge in [-0.15, -0.1) is 0 Å².